The third-order valence-corrected chi connectivity index (χ3v) is 3.63. The first-order valence-electron chi connectivity index (χ1n) is 6.48. The van der Waals surface area contributed by atoms with Crippen molar-refractivity contribution in [3.05, 3.63) is 18.1 Å². The molecular weight excluding hydrogens is 234 g/mol. The minimum atomic E-state index is 0.438. The van der Waals surface area contributed by atoms with E-state index < -0.39 is 0 Å². The summed E-state index contributed by atoms with van der Waals surface area (Å²) in [5.41, 5.74) is 0.866. The van der Waals surface area contributed by atoms with Gasteiger partial charge in [0.2, 0.25) is 0 Å². The fourth-order valence-corrected chi connectivity index (χ4v) is 2.66. The monoisotopic (exact) mass is 253 g/mol. The van der Waals surface area contributed by atoms with Crippen LogP contribution in [0.15, 0.2) is 12.4 Å². The van der Waals surface area contributed by atoms with Crippen molar-refractivity contribution in [2.24, 2.45) is 0 Å². The molecule has 1 unspecified atom stereocenters. The van der Waals surface area contributed by atoms with Crippen LogP contribution in [0.1, 0.15) is 44.7 Å². The number of hydrogen-bond donors (Lipinski definition) is 0. The molecule has 1 aliphatic rings. The summed E-state index contributed by atoms with van der Waals surface area (Å²) in [6, 6.07) is 0.633. The van der Waals surface area contributed by atoms with E-state index in [9.17, 15) is 0 Å². The summed E-state index contributed by atoms with van der Waals surface area (Å²) < 4.78 is 0. The van der Waals surface area contributed by atoms with Crippen LogP contribution in [-0.4, -0.2) is 22.6 Å². The third-order valence-electron chi connectivity index (χ3n) is 3.35. The number of piperidine rings is 1. The van der Waals surface area contributed by atoms with Gasteiger partial charge in [-0.1, -0.05) is 13.3 Å². The molecule has 0 N–H and O–H groups in total. The molecule has 1 atom stereocenters. The van der Waals surface area contributed by atoms with Gasteiger partial charge in [0.05, 0.1) is 17.8 Å². The maximum absolute atomic E-state index is 5.81. The smallest absolute Gasteiger partial charge is 0.147 e. The van der Waals surface area contributed by atoms with Gasteiger partial charge in [0.15, 0.2) is 0 Å². The van der Waals surface area contributed by atoms with Gasteiger partial charge >= 0.3 is 0 Å². The van der Waals surface area contributed by atoms with Crippen LogP contribution in [0.25, 0.3) is 0 Å². The van der Waals surface area contributed by atoms with Gasteiger partial charge in [-0.15, -0.1) is 11.6 Å². The first-order chi connectivity index (χ1) is 8.35. The van der Waals surface area contributed by atoms with Gasteiger partial charge < -0.3 is 4.90 Å². The maximum atomic E-state index is 5.81. The Morgan fingerprint density at radius 3 is 3.06 bits per heavy atom. The Kier molecular flexibility index (Phi) is 4.60. The van der Waals surface area contributed by atoms with E-state index in [2.05, 4.69) is 21.8 Å². The molecule has 3 nitrogen and oxygen atoms in total. The molecule has 1 aromatic rings. The fraction of sp³-hybridized carbons (Fsp3) is 0.692. The van der Waals surface area contributed by atoms with E-state index in [0.29, 0.717) is 11.9 Å². The molecule has 2 rings (SSSR count). The number of halogens is 1. The second kappa shape index (κ2) is 6.20. The van der Waals surface area contributed by atoms with Crippen LogP contribution in [0.4, 0.5) is 5.82 Å². The number of aromatic nitrogens is 2. The van der Waals surface area contributed by atoms with Crippen LogP contribution in [0.5, 0.6) is 0 Å². The average Bonchev–Trinajstić information content (AvgIpc) is 2.40. The summed E-state index contributed by atoms with van der Waals surface area (Å²) in [5, 5.41) is 0. The highest BCUT2D eigenvalue weighted by atomic mass is 35.5. The first-order valence-corrected chi connectivity index (χ1v) is 7.02. The van der Waals surface area contributed by atoms with Gasteiger partial charge in [-0.3, -0.25) is 4.98 Å². The molecule has 1 saturated heterocycles. The Balaban J connectivity index is 2.16. The molecule has 0 radical (unpaired) electrons. The standard InChI is InChI=1S/C13H20ClN3/c1-2-5-12-6-3-4-7-17(12)13-10-15-9-11(8-14)16-13/h9-10,12H,2-8H2,1H3. The second-order valence-electron chi connectivity index (χ2n) is 4.63. The van der Waals surface area contributed by atoms with Gasteiger partial charge in [-0.2, -0.15) is 0 Å². The largest absolute Gasteiger partial charge is 0.352 e. The number of nitrogens with zero attached hydrogens (tertiary/aromatic N) is 3. The van der Waals surface area contributed by atoms with Crippen LogP contribution < -0.4 is 4.90 Å². The second-order valence-corrected chi connectivity index (χ2v) is 4.90. The normalized spacial score (nSPS) is 20.6. The summed E-state index contributed by atoms with van der Waals surface area (Å²) in [6.07, 6.45) is 9.95. The molecule has 0 amide bonds. The SMILES string of the molecule is CCCC1CCCCN1c1cncc(CCl)n1. The molecule has 1 fully saturated rings. The fourth-order valence-electron chi connectivity index (χ4n) is 2.53. The van der Waals surface area contributed by atoms with Crippen molar-refractivity contribution in [1.29, 1.82) is 0 Å². The third kappa shape index (κ3) is 3.09. The minimum absolute atomic E-state index is 0.438. The van der Waals surface area contributed by atoms with Crippen LogP contribution in [0.2, 0.25) is 0 Å². The van der Waals surface area contributed by atoms with Gasteiger partial charge in [-0.25, -0.2) is 4.98 Å². The average molecular weight is 254 g/mol. The van der Waals surface area contributed by atoms with Crippen LogP contribution in [-0.2, 0) is 5.88 Å². The zero-order valence-electron chi connectivity index (χ0n) is 10.4. The predicted octanol–water partition coefficient (Wildman–Crippen LogP) is 3.37. The summed E-state index contributed by atoms with van der Waals surface area (Å²) in [7, 11) is 0. The molecule has 0 saturated carbocycles. The highest BCUT2D eigenvalue weighted by Gasteiger charge is 2.22. The first kappa shape index (κ1) is 12.6. The van der Waals surface area contributed by atoms with Gasteiger partial charge in [0, 0.05) is 18.8 Å². The highest BCUT2D eigenvalue weighted by molar-refractivity contribution is 6.16. The van der Waals surface area contributed by atoms with Crippen molar-refractivity contribution >= 4 is 17.4 Å². The highest BCUT2D eigenvalue weighted by Crippen LogP contribution is 2.25. The molecule has 17 heavy (non-hydrogen) atoms. The topological polar surface area (TPSA) is 29.0 Å². The molecule has 0 spiro atoms. The van der Waals surface area contributed by atoms with E-state index in [-0.39, 0.29) is 0 Å². The molecule has 94 valence electrons. The van der Waals surface area contributed by atoms with Crippen molar-refractivity contribution in [2.75, 3.05) is 11.4 Å². The van der Waals surface area contributed by atoms with Crippen molar-refractivity contribution in [2.45, 2.75) is 50.9 Å². The number of rotatable bonds is 4. The summed E-state index contributed by atoms with van der Waals surface area (Å²) in [4.78, 5) is 11.2. The van der Waals surface area contributed by atoms with Crippen molar-refractivity contribution < 1.29 is 0 Å². The molecule has 2 heterocycles. The number of anilines is 1. The summed E-state index contributed by atoms with van der Waals surface area (Å²) in [5.74, 6) is 1.44. The lowest BCUT2D eigenvalue weighted by molar-refractivity contribution is 0.431. The van der Waals surface area contributed by atoms with Crippen LogP contribution >= 0.6 is 11.6 Å². The van der Waals surface area contributed by atoms with Crippen molar-refractivity contribution in [1.82, 2.24) is 9.97 Å². The number of hydrogen-bond acceptors (Lipinski definition) is 3. The Morgan fingerprint density at radius 1 is 1.41 bits per heavy atom. The quantitative estimate of drug-likeness (QED) is 0.771. The van der Waals surface area contributed by atoms with E-state index in [1.165, 1.54) is 32.1 Å². The maximum Gasteiger partial charge on any atom is 0.147 e. The van der Waals surface area contributed by atoms with Crippen LogP contribution in [0.3, 0.4) is 0 Å². The van der Waals surface area contributed by atoms with Crippen molar-refractivity contribution in [3.63, 3.8) is 0 Å². The van der Waals surface area contributed by atoms with Crippen molar-refractivity contribution in [3.8, 4) is 0 Å². The van der Waals surface area contributed by atoms with E-state index in [1.807, 2.05) is 6.20 Å². The van der Waals surface area contributed by atoms with Gasteiger partial charge in [0.25, 0.3) is 0 Å². The zero-order valence-corrected chi connectivity index (χ0v) is 11.2. The van der Waals surface area contributed by atoms with Gasteiger partial charge in [-0.05, 0) is 25.7 Å². The molecule has 4 heteroatoms. The Bertz CT molecular complexity index is 354. The van der Waals surface area contributed by atoms with E-state index in [1.54, 1.807) is 6.20 Å². The lowest BCUT2D eigenvalue weighted by Gasteiger charge is -2.36. The lowest BCUT2D eigenvalue weighted by Crippen LogP contribution is -2.40. The summed E-state index contributed by atoms with van der Waals surface area (Å²) >= 11 is 5.81. The molecule has 0 bridgehead atoms. The van der Waals surface area contributed by atoms with E-state index >= 15 is 0 Å². The van der Waals surface area contributed by atoms with E-state index in [4.69, 9.17) is 11.6 Å². The minimum Gasteiger partial charge on any atom is -0.352 e. The summed E-state index contributed by atoms with van der Waals surface area (Å²) in [6.45, 7) is 3.35. The molecule has 1 aliphatic heterocycles. The molecular formula is C13H20ClN3. The van der Waals surface area contributed by atoms with E-state index in [0.717, 1.165) is 18.1 Å². The molecule has 0 aliphatic carbocycles. The Hall–Kier alpha value is -0.830. The lowest BCUT2D eigenvalue weighted by atomic mass is 9.98. The zero-order chi connectivity index (χ0) is 12.1. The Morgan fingerprint density at radius 2 is 2.29 bits per heavy atom. The number of alkyl halides is 1. The molecule has 1 aromatic heterocycles. The van der Waals surface area contributed by atoms with Gasteiger partial charge in [0.1, 0.15) is 5.82 Å². The Labute approximate surface area is 108 Å². The van der Waals surface area contributed by atoms with Crippen LogP contribution in [0, 0.1) is 0 Å². The molecule has 0 aromatic carbocycles. The predicted molar refractivity (Wildman–Crippen MR) is 71.5 cm³/mol.